The van der Waals surface area contributed by atoms with Gasteiger partial charge in [0.15, 0.2) is 0 Å². The zero-order valence-corrected chi connectivity index (χ0v) is 21.5. The molecular weight excluding hydrogens is 546 g/mol. The molecule has 0 aliphatic heterocycles. The second-order valence-electron chi connectivity index (χ2n) is 6.97. The topological polar surface area (TPSA) is 29.1 Å². The normalized spacial score (nSPS) is 14.6. The summed E-state index contributed by atoms with van der Waals surface area (Å²) in [5.74, 6) is -0.138. The van der Waals surface area contributed by atoms with Crippen LogP contribution in [0.15, 0.2) is 65.1 Å². The van der Waals surface area contributed by atoms with E-state index < -0.39 is 10.9 Å². The Hall–Kier alpha value is -1.15. The van der Waals surface area contributed by atoms with Crippen LogP contribution < -0.4 is 5.32 Å². The van der Waals surface area contributed by atoms with E-state index in [0.29, 0.717) is 18.3 Å². The minimum atomic E-state index is -4.49. The van der Waals surface area contributed by atoms with Crippen molar-refractivity contribution in [1.29, 1.82) is 0 Å². The smallest absolute Gasteiger partial charge is 0.351 e. The number of rotatable bonds is 12. The lowest BCUT2D eigenvalue weighted by molar-refractivity contribution is -0.160. The summed E-state index contributed by atoms with van der Waals surface area (Å²) >= 11 is 15.6. The van der Waals surface area contributed by atoms with Gasteiger partial charge in [0.05, 0.1) is 5.33 Å². The highest BCUT2D eigenvalue weighted by Crippen LogP contribution is 2.48. The van der Waals surface area contributed by atoms with E-state index in [2.05, 4.69) is 34.4 Å². The zero-order valence-electron chi connectivity index (χ0n) is 17.6. The summed E-state index contributed by atoms with van der Waals surface area (Å²) in [5, 5.41) is 4.53. The number of amides is 1. The van der Waals surface area contributed by atoms with Crippen LogP contribution in [0.1, 0.15) is 29.5 Å². The molecular formula is C23H25BrCl2F3NOS. The number of carbonyl (C=O) groups is 1. The molecule has 0 fully saturated rings. The highest BCUT2D eigenvalue weighted by Gasteiger charge is 2.53. The van der Waals surface area contributed by atoms with E-state index in [0.717, 1.165) is 16.7 Å². The molecule has 1 aromatic rings. The fourth-order valence-corrected chi connectivity index (χ4v) is 4.32. The van der Waals surface area contributed by atoms with E-state index in [4.69, 9.17) is 23.2 Å². The number of thioether (sulfide) groups is 1. The Balaban J connectivity index is 3.07. The number of halogens is 6. The van der Waals surface area contributed by atoms with Gasteiger partial charge in [-0.2, -0.15) is 13.2 Å². The van der Waals surface area contributed by atoms with Gasteiger partial charge < -0.3 is 5.32 Å². The minimum Gasteiger partial charge on any atom is -0.351 e. The van der Waals surface area contributed by atoms with Crippen molar-refractivity contribution in [3.63, 3.8) is 0 Å². The van der Waals surface area contributed by atoms with Crippen LogP contribution >= 0.6 is 50.9 Å². The Morgan fingerprint density at radius 3 is 2.47 bits per heavy atom. The molecule has 0 heterocycles. The molecule has 0 aliphatic carbocycles. The maximum atomic E-state index is 14.2. The number of nitrogens with one attached hydrogen (secondary N) is 1. The largest absolute Gasteiger partial charge is 0.403 e. The average molecular weight is 571 g/mol. The lowest BCUT2D eigenvalue weighted by Gasteiger charge is -2.33. The van der Waals surface area contributed by atoms with Gasteiger partial charge in [-0.15, -0.1) is 11.8 Å². The Kier molecular flexibility index (Phi) is 12.2. The highest BCUT2D eigenvalue weighted by molar-refractivity contribution is 9.09. The minimum absolute atomic E-state index is 0.110. The van der Waals surface area contributed by atoms with Gasteiger partial charge in [0.25, 0.3) is 0 Å². The summed E-state index contributed by atoms with van der Waals surface area (Å²) in [6.07, 6.45) is -0.745. The number of carbonyl (C=O) groups excluding carboxylic acids is 1. The number of benzene rings is 1. The molecule has 176 valence electrons. The summed E-state index contributed by atoms with van der Waals surface area (Å²) < 4.78 is 40.4. The molecule has 0 aromatic heterocycles. The van der Waals surface area contributed by atoms with Crippen molar-refractivity contribution in [2.24, 2.45) is 0 Å². The van der Waals surface area contributed by atoms with Crippen molar-refractivity contribution in [1.82, 2.24) is 5.32 Å². The lowest BCUT2D eigenvalue weighted by Crippen LogP contribution is -2.41. The highest BCUT2D eigenvalue weighted by atomic mass is 79.9. The first kappa shape index (κ1) is 28.9. The molecule has 0 radical (unpaired) electrons. The first-order valence-electron chi connectivity index (χ1n) is 9.59. The van der Waals surface area contributed by atoms with Gasteiger partial charge in [0, 0.05) is 16.6 Å². The number of allylic oxidation sites excluding steroid dienone is 5. The Bertz CT molecular complexity index is 886. The quantitative estimate of drug-likeness (QED) is 0.204. The summed E-state index contributed by atoms with van der Waals surface area (Å²) in [5.41, 5.74) is 2.59. The molecule has 9 heteroatoms. The average Bonchev–Trinajstić information content (AvgIpc) is 2.73. The van der Waals surface area contributed by atoms with Crippen molar-refractivity contribution in [2.75, 3.05) is 5.33 Å². The van der Waals surface area contributed by atoms with Crippen LogP contribution in [0.2, 0.25) is 0 Å². The number of aryl methyl sites for hydroxylation is 2. The van der Waals surface area contributed by atoms with E-state index in [1.54, 1.807) is 6.07 Å². The lowest BCUT2D eigenvalue weighted by atomic mass is 9.93. The van der Waals surface area contributed by atoms with Gasteiger partial charge in [0.1, 0.15) is 4.75 Å². The van der Waals surface area contributed by atoms with Crippen LogP contribution in [-0.2, 0) is 17.8 Å². The number of hydrogen-bond donors (Lipinski definition) is 1. The third-order valence-corrected chi connectivity index (χ3v) is 7.00. The molecule has 0 spiro atoms. The molecule has 0 saturated carbocycles. The molecule has 0 aliphatic rings. The Morgan fingerprint density at radius 2 is 1.94 bits per heavy atom. The molecule has 1 atom stereocenters. The molecule has 1 aromatic carbocycles. The van der Waals surface area contributed by atoms with Gasteiger partial charge in [-0.05, 0) is 54.4 Å². The zero-order chi connectivity index (χ0) is 24.4. The van der Waals surface area contributed by atoms with Gasteiger partial charge in [-0.25, -0.2) is 0 Å². The first-order chi connectivity index (χ1) is 15.0. The third-order valence-electron chi connectivity index (χ3n) is 4.75. The first-order valence-corrected chi connectivity index (χ1v) is 12.4. The van der Waals surface area contributed by atoms with Gasteiger partial charge in [-0.3, -0.25) is 4.79 Å². The molecule has 2 nitrogen and oxygen atoms in total. The van der Waals surface area contributed by atoms with Crippen LogP contribution in [0, 0.1) is 6.92 Å². The fourth-order valence-electron chi connectivity index (χ4n) is 2.90. The number of hydrogen-bond acceptors (Lipinski definition) is 2. The summed E-state index contributed by atoms with van der Waals surface area (Å²) in [4.78, 5) is 11.4. The molecule has 1 N–H and O–H groups in total. The van der Waals surface area contributed by atoms with Crippen molar-refractivity contribution in [3.8, 4) is 0 Å². The van der Waals surface area contributed by atoms with Gasteiger partial charge in [-0.1, -0.05) is 82.6 Å². The summed E-state index contributed by atoms with van der Waals surface area (Å²) in [6.45, 7) is 9.21. The maximum Gasteiger partial charge on any atom is 0.403 e. The second kappa shape index (κ2) is 13.5. The van der Waals surface area contributed by atoms with Crippen molar-refractivity contribution in [2.45, 2.75) is 43.7 Å². The van der Waals surface area contributed by atoms with Gasteiger partial charge in [0.2, 0.25) is 5.91 Å². The van der Waals surface area contributed by atoms with E-state index in [1.807, 2.05) is 19.1 Å². The van der Waals surface area contributed by atoms with Crippen molar-refractivity contribution >= 4 is 56.8 Å². The van der Waals surface area contributed by atoms with Crippen LogP contribution in [0.4, 0.5) is 13.2 Å². The molecule has 0 saturated heterocycles. The number of alkyl halides is 4. The molecule has 1 unspecified atom stereocenters. The summed E-state index contributed by atoms with van der Waals surface area (Å²) in [6, 6.07) is 5.47. The SMILES string of the molecule is C=CSC(C/C=C(Cl)\C=C(\Cl)C=C)(CCc1ccc(CNC(=O)CBr)c(C)c1)C(F)(F)F. The van der Waals surface area contributed by atoms with Crippen LogP contribution in [0.5, 0.6) is 0 Å². The third kappa shape index (κ3) is 9.00. The van der Waals surface area contributed by atoms with E-state index in [-0.39, 0.29) is 40.6 Å². The van der Waals surface area contributed by atoms with E-state index in [1.165, 1.54) is 23.6 Å². The monoisotopic (exact) mass is 569 g/mol. The van der Waals surface area contributed by atoms with E-state index in [9.17, 15) is 18.0 Å². The van der Waals surface area contributed by atoms with Crippen LogP contribution in [0.25, 0.3) is 0 Å². The van der Waals surface area contributed by atoms with Crippen LogP contribution in [0.3, 0.4) is 0 Å². The van der Waals surface area contributed by atoms with E-state index >= 15 is 0 Å². The Labute approximate surface area is 210 Å². The second-order valence-corrected chi connectivity index (χ2v) is 9.76. The standard InChI is InChI=1S/C23H25BrCl2F3NOS/c1-4-19(25)13-20(26)9-11-22(32-5-2,23(27,28)29)10-8-17-6-7-18(16(3)12-17)15-30-21(31)14-24/h4-7,9,12-13H,1-2,8,10-11,14-15H2,3H3,(H,30,31)/b19-13+,20-9+. The summed E-state index contributed by atoms with van der Waals surface area (Å²) in [7, 11) is 0. The fraction of sp³-hybridized carbons (Fsp3) is 0.348. The van der Waals surface area contributed by atoms with Crippen LogP contribution in [-0.4, -0.2) is 22.2 Å². The maximum absolute atomic E-state index is 14.2. The predicted molar refractivity (Wildman–Crippen MR) is 134 cm³/mol. The van der Waals surface area contributed by atoms with Crippen molar-refractivity contribution in [3.05, 3.63) is 81.7 Å². The Morgan fingerprint density at radius 1 is 1.25 bits per heavy atom. The van der Waals surface area contributed by atoms with Crippen molar-refractivity contribution < 1.29 is 18.0 Å². The predicted octanol–water partition coefficient (Wildman–Crippen LogP) is 7.94. The molecule has 0 bridgehead atoms. The molecule has 32 heavy (non-hydrogen) atoms. The van der Waals surface area contributed by atoms with Gasteiger partial charge >= 0.3 is 6.18 Å². The molecule has 1 rings (SSSR count). The molecule has 1 amide bonds.